The number of carbonyl (C=O) groups excluding carboxylic acids is 2. The SMILES string of the molecule is CCC[C@H]1[C@@H]2CCC(=O)[C@]12C(=O)c1cc(C)cc(C)c1. The molecule has 0 aromatic heterocycles. The molecule has 1 aromatic rings. The largest absolute Gasteiger partial charge is 0.299 e. The van der Waals surface area contributed by atoms with Gasteiger partial charge < -0.3 is 0 Å². The molecule has 0 unspecified atom stereocenters. The van der Waals surface area contributed by atoms with Crippen LogP contribution in [0.25, 0.3) is 0 Å². The average molecular weight is 270 g/mol. The highest BCUT2D eigenvalue weighted by Gasteiger charge is 2.74. The van der Waals surface area contributed by atoms with Gasteiger partial charge in [-0.05, 0) is 50.7 Å². The number of aryl methyl sites for hydroxylation is 2. The Labute approximate surface area is 120 Å². The zero-order chi connectivity index (χ0) is 14.5. The molecule has 2 aliphatic rings. The van der Waals surface area contributed by atoms with Crippen LogP contribution in [0.2, 0.25) is 0 Å². The fraction of sp³-hybridized carbons (Fsp3) is 0.556. The Hall–Kier alpha value is -1.44. The Morgan fingerprint density at radius 1 is 1.25 bits per heavy atom. The number of hydrogen-bond donors (Lipinski definition) is 0. The van der Waals surface area contributed by atoms with Gasteiger partial charge in [0.1, 0.15) is 5.78 Å². The first kappa shape index (κ1) is 13.5. The molecule has 2 nitrogen and oxygen atoms in total. The highest BCUT2D eigenvalue weighted by Crippen LogP contribution is 2.69. The highest BCUT2D eigenvalue weighted by molar-refractivity contribution is 6.19. The second-order valence-corrected chi connectivity index (χ2v) is 6.54. The molecule has 2 heteroatoms. The second kappa shape index (κ2) is 4.54. The lowest BCUT2D eigenvalue weighted by atomic mass is 9.86. The maximum absolute atomic E-state index is 13.0. The van der Waals surface area contributed by atoms with Crippen molar-refractivity contribution in [2.45, 2.75) is 46.5 Å². The van der Waals surface area contributed by atoms with Gasteiger partial charge in [-0.3, -0.25) is 9.59 Å². The van der Waals surface area contributed by atoms with Crippen LogP contribution in [0, 0.1) is 31.1 Å². The molecule has 0 aliphatic heterocycles. The first-order chi connectivity index (χ1) is 9.51. The Kier molecular flexibility index (Phi) is 3.07. The van der Waals surface area contributed by atoms with E-state index in [0.717, 1.165) is 36.0 Å². The van der Waals surface area contributed by atoms with Crippen LogP contribution in [0.15, 0.2) is 18.2 Å². The standard InChI is InChI=1S/C18H22O2/c1-4-5-14-15-6-7-16(19)18(14,15)17(20)13-9-11(2)8-12(3)10-13/h8-10,14-15H,4-7H2,1-3H3/t14-,15-,18-/m0/s1. The summed E-state index contributed by atoms with van der Waals surface area (Å²) < 4.78 is 0. The summed E-state index contributed by atoms with van der Waals surface area (Å²) in [5.41, 5.74) is 2.29. The summed E-state index contributed by atoms with van der Waals surface area (Å²) in [6.45, 7) is 6.14. The fourth-order valence-electron chi connectivity index (χ4n) is 4.42. The van der Waals surface area contributed by atoms with Crippen LogP contribution in [0.1, 0.15) is 54.1 Å². The van der Waals surface area contributed by atoms with Crippen molar-refractivity contribution in [3.05, 3.63) is 34.9 Å². The van der Waals surface area contributed by atoms with E-state index < -0.39 is 5.41 Å². The van der Waals surface area contributed by atoms with Gasteiger partial charge in [0.2, 0.25) is 0 Å². The van der Waals surface area contributed by atoms with E-state index in [9.17, 15) is 9.59 Å². The molecule has 1 aromatic carbocycles. The first-order valence-electron chi connectivity index (χ1n) is 7.68. The van der Waals surface area contributed by atoms with Gasteiger partial charge in [0, 0.05) is 12.0 Å². The van der Waals surface area contributed by atoms with Crippen molar-refractivity contribution in [3.63, 3.8) is 0 Å². The second-order valence-electron chi connectivity index (χ2n) is 6.54. The molecular formula is C18H22O2. The summed E-state index contributed by atoms with van der Waals surface area (Å²) in [6.07, 6.45) is 3.57. The van der Waals surface area contributed by atoms with Crippen molar-refractivity contribution in [1.29, 1.82) is 0 Å². The summed E-state index contributed by atoms with van der Waals surface area (Å²) in [5, 5.41) is 0. The molecule has 2 saturated carbocycles. The molecule has 0 N–H and O–H groups in total. The van der Waals surface area contributed by atoms with Gasteiger partial charge in [-0.15, -0.1) is 0 Å². The van der Waals surface area contributed by atoms with Crippen LogP contribution in [0.3, 0.4) is 0 Å². The van der Waals surface area contributed by atoms with E-state index in [1.54, 1.807) is 0 Å². The van der Waals surface area contributed by atoms with Crippen LogP contribution >= 0.6 is 0 Å². The first-order valence-corrected chi connectivity index (χ1v) is 7.68. The molecule has 3 rings (SSSR count). The molecule has 0 radical (unpaired) electrons. The Morgan fingerprint density at radius 2 is 1.90 bits per heavy atom. The summed E-state index contributed by atoms with van der Waals surface area (Å²) in [6, 6.07) is 5.95. The van der Waals surface area contributed by atoms with Crippen molar-refractivity contribution in [1.82, 2.24) is 0 Å². The summed E-state index contributed by atoms with van der Waals surface area (Å²) >= 11 is 0. The number of Topliss-reactive ketones (excluding diaryl/α,β-unsaturated/α-hetero) is 2. The third-order valence-corrected chi connectivity index (χ3v) is 5.15. The fourth-order valence-corrected chi connectivity index (χ4v) is 4.42. The van der Waals surface area contributed by atoms with Crippen LogP contribution in [-0.2, 0) is 4.79 Å². The maximum Gasteiger partial charge on any atom is 0.176 e. The maximum atomic E-state index is 13.0. The third-order valence-electron chi connectivity index (χ3n) is 5.15. The van der Waals surface area contributed by atoms with E-state index in [-0.39, 0.29) is 11.6 Å². The summed E-state index contributed by atoms with van der Waals surface area (Å²) in [4.78, 5) is 25.4. The molecule has 0 spiro atoms. The Balaban J connectivity index is 1.98. The van der Waals surface area contributed by atoms with Crippen molar-refractivity contribution in [2.75, 3.05) is 0 Å². The Morgan fingerprint density at radius 3 is 2.50 bits per heavy atom. The van der Waals surface area contributed by atoms with Gasteiger partial charge in [0.15, 0.2) is 5.78 Å². The van der Waals surface area contributed by atoms with Crippen LogP contribution in [-0.4, -0.2) is 11.6 Å². The van der Waals surface area contributed by atoms with Gasteiger partial charge >= 0.3 is 0 Å². The van der Waals surface area contributed by atoms with E-state index in [2.05, 4.69) is 13.0 Å². The number of hydrogen-bond acceptors (Lipinski definition) is 2. The highest BCUT2D eigenvalue weighted by atomic mass is 16.2. The van der Waals surface area contributed by atoms with Gasteiger partial charge in [0.05, 0.1) is 5.41 Å². The zero-order valence-corrected chi connectivity index (χ0v) is 12.5. The van der Waals surface area contributed by atoms with E-state index in [0.29, 0.717) is 18.3 Å². The van der Waals surface area contributed by atoms with E-state index in [1.807, 2.05) is 26.0 Å². The van der Waals surface area contributed by atoms with Gasteiger partial charge in [-0.1, -0.05) is 30.5 Å². The minimum Gasteiger partial charge on any atom is -0.299 e. The lowest BCUT2D eigenvalue weighted by molar-refractivity contribution is -0.121. The predicted molar refractivity (Wildman–Crippen MR) is 78.8 cm³/mol. The minimum atomic E-state index is -0.643. The smallest absolute Gasteiger partial charge is 0.176 e. The zero-order valence-electron chi connectivity index (χ0n) is 12.5. The number of carbonyl (C=O) groups is 2. The topological polar surface area (TPSA) is 34.1 Å². The quantitative estimate of drug-likeness (QED) is 0.614. The van der Waals surface area contributed by atoms with Crippen LogP contribution < -0.4 is 0 Å². The molecule has 0 heterocycles. The molecule has 0 saturated heterocycles. The van der Waals surface area contributed by atoms with Crippen LogP contribution in [0.4, 0.5) is 0 Å². The van der Waals surface area contributed by atoms with Gasteiger partial charge in [-0.2, -0.15) is 0 Å². The summed E-state index contributed by atoms with van der Waals surface area (Å²) in [7, 11) is 0. The lowest BCUT2D eigenvalue weighted by Gasteiger charge is -2.14. The minimum absolute atomic E-state index is 0.0928. The molecular weight excluding hydrogens is 248 g/mol. The van der Waals surface area contributed by atoms with Crippen molar-refractivity contribution >= 4 is 11.6 Å². The monoisotopic (exact) mass is 270 g/mol. The molecule has 2 aliphatic carbocycles. The van der Waals surface area contributed by atoms with Crippen molar-refractivity contribution in [2.24, 2.45) is 17.3 Å². The predicted octanol–water partition coefficient (Wildman–Crippen LogP) is 3.88. The van der Waals surface area contributed by atoms with E-state index in [1.165, 1.54) is 0 Å². The molecule has 0 bridgehead atoms. The molecule has 106 valence electrons. The number of fused-ring (bicyclic) bond motifs is 1. The van der Waals surface area contributed by atoms with Crippen molar-refractivity contribution < 1.29 is 9.59 Å². The van der Waals surface area contributed by atoms with Crippen LogP contribution in [0.5, 0.6) is 0 Å². The van der Waals surface area contributed by atoms with Gasteiger partial charge in [-0.25, -0.2) is 0 Å². The molecule has 20 heavy (non-hydrogen) atoms. The van der Waals surface area contributed by atoms with Gasteiger partial charge in [0.25, 0.3) is 0 Å². The molecule has 0 amide bonds. The van der Waals surface area contributed by atoms with E-state index in [4.69, 9.17) is 0 Å². The Bertz CT molecular complexity index is 567. The lowest BCUT2D eigenvalue weighted by Crippen LogP contribution is -2.27. The number of ketones is 2. The average Bonchev–Trinajstić information content (AvgIpc) is 2.89. The third kappa shape index (κ3) is 1.70. The van der Waals surface area contributed by atoms with E-state index >= 15 is 0 Å². The number of benzene rings is 1. The number of rotatable bonds is 4. The summed E-state index contributed by atoms with van der Waals surface area (Å²) in [5.74, 6) is 0.922. The molecule has 2 fully saturated rings. The normalized spacial score (nSPS) is 31.2. The molecule has 3 atom stereocenters. The van der Waals surface area contributed by atoms with Crippen molar-refractivity contribution in [3.8, 4) is 0 Å².